The average Bonchev–Trinajstić information content (AvgIpc) is 2.32. The van der Waals surface area contributed by atoms with E-state index in [0.29, 0.717) is 17.9 Å². The van der Waals surface area contributed by atoms with Crippen LogP contribution in [0.4, 0.5) is 0 Å². The Kier molecular flexibility index (Phi) is 5.03. The Morgan fingerprint density at radius 3 is 2.33 bits per heavy atom. The lowest BCUT2D eigenvalue weighted by Gasteiger charge is -2.11. The molecule has 1 N–H and O–H groups in total. The van der Waals surface area contributed by atoms with E-state index in [4.69, 9.17) is 11.6 Å². The second-order valence-corrected chi connectivity index (χ2v) is 6.00. The quantitative estimate of drug-likeness (QED) is 0.802. The predicted octanol–water partition coefficient (Wildman–Crippen LogP) is 4.09. The van der Waals surface area contributed by atoms with Gasteiger partial charge in [-0.15, -0.1) is 0 Å². The van der Waals surface area contributed by atoms with Crippen LogP contribution < -0.4 is 0 Å². The van der Waals surface area contributed by atoms with Crippen molar-refractivity contribution in [1.82, 2.24) is 0 Å². The van der Waals surface area contributed by atoms with Gasteiger partial charge in [-0.1, -0.05) is 35.9 Å². The molecule has 0 heterocycles. The van der Waals surface area contributed by atoms with Gasteiger partial charge in [0.1, 0.15) is 0 Å². The second-order valence-electron chi connectivity index (χ2n) is 4.32. The van der Waals surface area contributed by atoms with Gasteiger partial charge in [0.05, 0.1) is 6.10 Å². The van der Waals surface area contributed by atoms with E-state index in [2.05, 4.69) is 46.9 Å². The molecule has 0 fully saturated rings. The number of aliphatic hydroxyl groups is 1. The fourth-order valence-corrected chi connectivity index (χ4v) is 2.47. The molecule has 2 aromatic rings. The minimum Gasteiger partial charge on any atom is -0.392 e. The summed E-state index contributed by atoms with van der Waals surface area (Å²) >= 11 is 8.20. The Balaban J connectivity index is 1.96. The van der Waals surface area contributed by atoms with E-state index in [1.165, 1.54) is 3.57 Å². The van der Waals surface area contributed by atoms with E-state index in [1.807, 2.05) is 24.3 Å². The Morgan fingerprint density at radius 2 is 1.67 bits per heavy atom. The van der Waals surface area contributed by atoms with Crippen LogP contribution in [0, 0.1) is 3.57 Å². The number of hydrogen-bond donors (Lipinski definition) is 1. The summed E-state index contributed by atoms with van der Waals surface area (Å²) in [7, 11) is 0. The first-order valence-electron chi connectivity index (χ1n) is 5.80. The van der Waals surface area contributed by atoms with Crippen LogP contribution in [-0.4, -0.2) is 11.2 Å². The molecule has 1 nitrogen and oxygen atoms in total. The van der Waals surface area contributed by atoms with Gasteiger partial charge in [-0.05, 0) is 70.8 Å². The molecule has 0 saturated carbocycles. The summed E-state index contributed by atoms with van der Waals surface area (Å²) in [5.41, 5.74) is 2.23. The van der Waals surface area contributed by atoms with Crippen LogP contribution in [0.15, 0.2) is 48.5 Å². The van der Waals surface area contributed by atoms with E-state index in [0.717, 1.165) is 11.1 Å². The van der Waals surface area contributed by atoms with Crippen molar-refractivity contribution in [2.24, 2.45) is 0 Å². The number of aliphatic hydroxyl groups excluding tert-OH is 1. The molecular weight excluding hydrogens is 359 g/mol. The van der Waals surface area contributed by atoms with E-state index in [-0.39, 0.29) is 6.10 Å². The second kappa shape index (κ2) is 6.55. The molecule has 0 saturated heterocycles. The minimum atomic E-state index is -0.372. The molecule has 0 spiro atoms. The molecule has 1 atom stereocenters. The Morgan fingerprint density at radius 1 is 1.00 bits per heavy atom. The molecule has 2 aromatic carbocycles. The fourth-order valence-electron chi connectivity index (χ4n) is 1.90. The van der Waals surface area contributed by atoms with E-state index in [1.54, 1.807) is 0 Å². The van der Waals surface area contributed by atoms with Crippen molar-refractivity contribution in [3.8, 4) is 0 Å². The maximum Gasteiger partial charge on any atom is 0.0620 e. The van der Waals surface area contributed by atoms with Crippen LogP contribution in [0.1, 0.15) is 11.1 Å². The molecular formula is C15H14ClIO. The minimum absolute atomic E-state index is 0.372. The van der Waals surface area contributed by atoms with Crippen LogP contribution in [0.3, 0.4) is 0 Å². The van der Waals surface area contributed by atoms with Gasteiger partial charge in [0.25, 0.3) is 0 Å². The molecule has 0 bridgehead atoms. The number of benzene rings is 2. The molecule has 94 valence electrons. The molecule has 3 heteroatoms. The van der Waals surface area contributed by atoms with Gasteiger partial charge >= 0.3 is 0 Å². The molecule has 0 amide bonds. The SMILES string of the molecule is OC(Cc1ccc(I)cc1)Cc1cccc(Cl)c1. The van der Waals surface area contributed by atoms with Crippen molar-refractivity contribution < 1.29 is 5.11 Å². The highest BCUT2D eigenvalue weighted by molar-refractivity contribution is 14.1. The first-order valence-corrected chi connectivity index (χ1v) is 7.26. The van der Waals surface area contributed by atoms with Crippen LogP contribution in [-0.2, 0) is 12.8 Å². The maximum absolute atomic E-state index is 10.1. The van der Waals surface area contributed by atoms with Crippen molar-refractivity contribution >= 4 is 34.2 Å². The summed E-state index contributed by atoms with van der Waals surface area (Å²) < 4.78 is 1.21. The summed E-state index contributed by atoms with van der Waals surface area (Å²) in [6, 6.07) is 15.9. The molecule has 0 radical (unpaired) electrons. The largest absolute Gasteiger partial charge is 0.392 e. The summed E-state index contributed by atoms with van der Waals surface area (Å²) in [6.07, 6.45) is 0.930. The Bertz CT molecular complexity index is 510. The topological polar surface area (TPSA) is 20.2 Å². The Hall–Kier alpha value is -0.580. The van der Waals surface area contributed by atoms with E-state index in [9.17, 15) is 5.11 Å². The lowest BCUT2D eigenvalue weighted by atomic mass is 10.0. The smallest absolute Gasteiger partial charge is 0.0620 e. The molecule has 0 aliphatic rings. The van der Waals surface area contributed by atoms with Gasteiger partial charge in [-0.2, -0.15) is 0 Å². The number of halogens is 2. The standard InChI is InChI=1S/C15H14ClIO/c16-13-3-1-2-12(8-13)10-15(18)9-11-4-6-14(17)7-5-11/h1-8,15,18H,9-10H2. The highest BCUT2D eigenvalue weighted by atomic mass is 127. The van der Waals surface area contributed by atoms with E-state index >= 15 is 0 Å². The number of rotatable bonds is 4. The normalized spacial score (nSPS) is 12.4. The van der Waals surface area contributed by atoms with Crippen molar-refractivity contribution in [2.75, 3.05) is 0 Å². The van der Waals surface area contributed by atoms with Gasteiger partial charge in [0.15, 0.2) is 0 Å². The van der Waals surface area contributed by atoms with Gasteiger partial charge in [0, 0.05) is 8.59 Å². The Labute approximate surface area is 126 Å². The highest BCUT2D eigenvalue weighted by Gasteiger charge is 2.07. The summed E-state index contributed by atoms with van der Waals surface area (Å²) in [6.45, 7) is 0. The van der Waals surface area contributed by atoms with Crippen LogP contribution in [0.5, 0.6) is 0 Å². The maximum atomic E-state index is 10.1. The zero-order valence-electron chi connectivity index (χ0n) is 9.81. The average molecular weight is 373 g/mol. The van der Waals surface area contributed by atoms with Crippen molar-refractivity contribution in [3.05, 3.63) is 68.3 Å². The molecule has 0 aromatic heterocycles. The van der Waals surface area contributed by atoms with Crippen LogP contribution >= 0.6 is 34.2 Å². The van der Waals surface area contributed by atoms with Gasteiger partial charge in [-0.3, -0.25) is 0 Å². The van der Waals surface area contributed by atoms with Gasteiger partial charge < -0.3 is 5.11 Å². The van der Waals surface area contributed by atoms with Crippen molar-refractivity contribution in [3.63, 3.8) is 0 Å². The van der Waals surface area contributed by atoms with Gasteiger partial charge in [-0.25, -0.2) is 0 Å². The molecule has 0 aliphatic carbocycles. The third-order valence-electron chi connectivity index (χ3n) is 2.74. The molecule has 2 rings (SSSR count). The first kappa shape index (κ1) is 13.8. The summed E-state index contributed by atoms with van der Waals surface area (Å²) in [5.74, 6) is 0. The predicted molar refractivity (Wildman–Crippen MR) is 84.0 cm³/mol. The zero-order valence-corrected chi connectivity index (χ0v) is 12.7. The zero-order chi connectivity index (χ0) is 13.0. The van der Waals surface area contributed by atoms with Crippen LogP contribution in [0.2, 0.25) is 5.02 Å². The number of hydrogen-bond acceptors (Lipinski definition) is 1. The molecule has 1 unspecified atom stereocenters. The highest BCUT2D eigenvalue weighted by Crippen LogP contribution is 2.15. The van der Waals surface area contributed by atoms with Crippen molar-refractivity contribution in [2.45, 2.75) is 18.9 Å². The lowest BCUT2D eigenvalue weighted by molar-refractivity contribution is 0.175. The first-order chi connectivity index (χ1) is 8.63. The van der Waals surface area contributed by atoms with Crippen LogP contribution in [0.25, 0.3) is 0 Å². The molecule has 18 heavy (non-hydrogen) atoms. The van der Waals surface area contributed by atoms with Gasteiger partial charge in [0.2, 0.25) is 0 Å². The fraction of sp³-hybridized carbons (Fsp3) is 0.200. The monoisotopic (exact) mass is 372 g/mol. The third kappa shape index (κ3) is 4.26. The van der Waals surface area contributed by atoms with Crippen molar-refractivity contribution in [1.29, 1.82) is 0 Å². The van der Waals surface area contributed by atoms with E-state index < -0.39 is 0 Å². The third-order valence-corrected chi connectivity index (χ3v) is 3.70. The molecule has 0 aliphatic heterocycles. The lowest BCUT2D eigenvalue weighted by Crippen LogP contribution is -2.13. The summed E-state index contributed by atoms with van der Waals surface area (Å²) in [5, 5.41) is 10.8. The summed E-state index contributed by atoms with van der Waals surface area (Å²) in [4.78, 5) is 0.